The Hall–Kier alpha value is -1.92. The van der Waals surface area contributed by atoms with E-state index >= 15 is 0 Å². The van der Waals surface area contributed by atoms with Crippen molar-refractivity contribution < 1.29 is 22.6 Å². The van der Waals surface area contributed by atoms with Gasteiger partial charge in [-0.1, -0.05) is 23.7 Å². The first-order valence-corrected chi connectivity index (χ1v) is 7.51. The van der Waals surface area contributed by atoms with Crippen molar-refractivity contribution in [2.45, 2.75) is 19.7 Å². The average Bonchev–Trinajstić information content (AvgIpc) is 2.50. The van der Waals surface area contributed by atoms with Gasteiger partial charge in [0, 0.05) is 18.1 Å². The maximum Gasteiger partial charge on any atom is 0.387 e. The van der Waals surface area contributed by atoms with Crippen LogP contribution in [0.4, 0.5) is 13.2 Å². The fourth-order valence-electron chi connectivity index (χ4n) is 2.32. The second kappa shape index (κ2) is 8.26. The highest BCUT2D eigenvalue weighted by Gasteiger charge is 2.13. The van der Waals surface area contributed by atoms with E-state index in [9.17, 15) is 13.2 Å². The van der Waals surface area contributed by atoms with Crippen molar-refractivity contribution >= 4 is 11.6 Å². The second-order valence-electron chi connectivity index (χ2n) is 5.27. The predicted molar refractivity (Wildman–Crippen MR) is 86.2 cm³/mol. The summed E-state index contributed by atoms with van der Waals surface area (Å²) in [5.74, 6) is -0.170. The molecule has 0 aromatic heterocycles. The fraction of sp³-hybridized carbons (Fsp3) is 0.294. The van der Waals surface area contributed by atoms with Crippen molar-refractivity contribution in [1.82, 2.24) is 4.90 Å². The zero-order valence-corrected chi connectivity index (χ0v) is 14.0. The molecule has 3 nitrogen and oxygen atoms in total. The zero-order valence-electron chi connectivity index (χ0n) is 13.2. The van der Waals surface area contributed by atoms with Crippen LogP contribution in [0.5, 0.6) is 11.5 Å². The lowest BCUT2D eigenvalue weighted by Gasteiger charge is -2.19. The number of nitrogens with zero attached hydrogens (tertiary/aromatic N) is 1. The molecule has 2 rings (SSSR count). The molecule has 0 fully saturated rings. The molecule has 130 valence electrons. The third-order valence-corrected chi connectivity index (χ3v) is 3.70. The maximum absolute atomic E-state index is 13.1. The highest BCUT2D eigenvalue weighted by atomic mass is 35.5. The summed E-state index contributed by atoms with van der Waals surface area (Å²) >= 11 is 6.01. The normalized spacial score (nSPS) is 11.2. The van der Waals surface area contributed by atoms with Gasteiger partial charge < -0.3 is 9.47 Å². The lowest BCUT2D eigenvalue weighted by Crippen LogP contribution is -2.17. The number of methoxy groups -OCH3 is 1. The molecule has 0 amide bonds. The van der Waals surface area contributed by atoms with Crippen molar-refractivity contribution in [2.24, 2.45) is 0 Å². The Morgan fingerprint density at radius 3 is 2.46 bits per heavy atom. The van der Waals surface area contributed by atoms with Crippen molar-refractivity contribution in [3.05, 3.63) is 58.4 Å². The smallest absolute Gasteiger partial charge is 0.387 e. The van der Waals surface area contributed by atoms with Crippen LogP contribution in [0.2, 0.25) is 5.02 Å². The van der Waals surface area contributed by atoms with Crippen LogP contribution in [0.15, 0.2) is 36.4 Å². The van der Waals surface area contributed by atoms with E-state index in [4.69, 9.17) is 16.3 Å². The zero-order chi connectivity index (χ0) is 17.7. The molecule has 0 saturated carbocycles. The van der Waals surface area contributed by atoms with Crippen LogP contribution in [0, 0.1) is 5.82 Å². The van der Waals surface area contributed by atoms with E-state index in [0.717, 1.165) is 11.1 Å². The SMILES string of the molecule is COc1ccc(CN(C)Cc2ccc(F)cc2Cl)cc1OC(F)F. The first-order chi connectivity index (χ1) is 11.4. The quantitative estimate of drug-likeness (QED) is 0.714. The number of ether oxygens (including phenoxy) is 2. The largest absolute Gasteiger partial charge is 0.493 e. The first-order valence-electron chi connectivity index (χ1n) is 7.13. The average molecular weight is 360 g/mol. The third-order valence-electron chi connectivity index (χ3n) is 3.35. The van der Waals surface area contributed by atoms with Crippen LogP contribution in [-0.4, -0.2) is 25.7 Å². The van der Waals surface area contributed by atoms with Crippen LogP contribution < -0.4 is 9.47 Å². The molecule has 0 bridgehead atoms. The minimum atomic E-state index is -2.93. The van der Waals surface area contributed by atoms with Gasteiger partial charge in [0.1, 0.15) is 5.82 Å². The van der Waals surface area contributed by atoms with Gasteiger partial charge in [0.15, 0.2) is 11.5 Å². The molecule has 7 heteroatoms. The summed E-state index contributed by atoms with van der Waals surface area (Å²) in [7, 11) is 3.23. The van der Waals surface area contributed by atoms with E-state index < -0.39 is 12.4 Å². The molecule has 0 spiro atoms. The molecule has 0 unspecified atom stereocenters. The highest BCUT2D eigenvalue weighted by Crippen LogP contribution is 2.30. The highest BCUT2D eigenvalue weighted by molar-refractivity contribution is 6.31. The fourth-order valence-corrected chi connectivity index (χ4v) is 2.54. The van der Waals surface area contributed by atoms with E-state index in [0.29, 0.717) is 18.1 Å². The van der Waals surface area contributed by atoms with Gasteiger partial charge in [0.2, 0.25) is 0 Å². The maximum atomic E-state index is 13.1. The molecule has 2 aromatic rings. The summed E-state index contributed by atoms with van der Waals surface area (Å²) in [5.41, 5.74) is 1.55. The monoisotopic (exact) mass is 359 g/mol. The molecular weight excluding hydrogens is 343 g/mol. The molecule has 0 radical (unpaired) electrons. The molecule has 0 N–H and O–H groups in total. The summed E-state index contributed by atoms with van der Waals surface area (Å²) in [6.07, 6.45) is 0. The van der Waals surface area contributed by atoms with Crippen LogP contribution >= 0.6 is 11.6 Å². The van der Waals surface area contributed by atoms with Crippen LogP contribution in [-0.2, 0) is 13.1 Å². The van der Waals surface area contributed by atoms with Gasteiger partial charge in [-0.25, -0.2) is 4.39 Å². The standard InChI is InChI=1S/C17H17ClF3NO2/c1-22(10-12-4-5-13(19)8-14(12)18)9-11-3-6-15(23-2)16(7-11)24-17(20)21/h3-8,17H,9-10H2,1-2H3. The number of hydrogen-bond donors (Lipinski definition) is 0. The number of alkyl halides is 2. The molecule has 24 heavy (non-hydrogen) atoms. The predicted octanol–water partition coefficient (Wildman–Crippen LogP) is 4.72. The summed E-state index contributed by atoms with van der Waals surface area (Å²) < 4.78 is 47.5. The first kappa shape index (κ1) is 18.4. The summed E-state index contributed by atoms with van der Waals surface area (Å²) in [6.45, 7) is -1.97. The van der Waals surface area contributed by atoms with Crippen LogP contribution in [0.25, 0.3) is 0 Å². The molecule has 0 saturated heterocycles. The van der Waals surface area contributed by atoms with E-state index in [1.807, 2.05) is 11.9 Å². The lowest BCUT2D eigenvalue weighted by atomic mass is 10.1. The van der Waals surface area contributed by atoms with Crippen molar-refractivity contribution in [3.63, 3.8) is 0 Å². The Morgan fingerprint density at radius 2 is 1.83 bits per heavy atom. The Balaban J connectivity index is 2.09. The molecule has 0 aliphatic rings. The van der Waals surface area contributed by atoms with Gasteiger partial charge >= 0.3 is 6.61 Å². The van der Waals surface area contributed by atoms with Gasteiger partial charge in [-0.2, -0.15) is 8.78 Å². The topological polar surface area (TPSA) is 21.7 Å². The van der Waals surface area contributed by atoms with Crippen molar-refractivity contribution in [3.8, 4) is 11.5 Å². The van der Waals surface area contributed by atoms with E-state index in [1.165, 1.54) is 25.3 Å². The van der Waals surface area contributed by atoms with Gasteiger partial charge in [-0.15, -0.1) is 0 Å². The molecule has 0 heterocycles. The number of benzene rings is 2. The van der Waals surface area contributed by atoms with Crippen LogP contribution in [0.1, 0.15) is 11.1 Å². The Kier molecular flexibility index (Phi) is 6.34. The summed E-state index contributed by atoms with van der Waals surface area (Å²) in [4.78, 5) is 1.92. The minimum Gasteiger partial charge on any atom is -0.493 e. The molecule has 0 atom stereocenters. The molecular formula is C17H17ClF3NO2. The van der Waals surface area contributed by atoms with Crippen molar-refractivity contribution in [2.75, 3.05) is 14.2 Å². The Bertz CT molecular complexity index is 698. The van der Waals surface area contributed by atoms with Crippen LogP contribution in [0.3, 0.4) is 0 Å². The molecule has 0 aliphatic carbocycles. The van der Waals surface area contributed by atoms with Gasteiger partial charge in [0.25, 0.3) is 0 Å². The van der Waals surface area contributed by atoms with E-state index in [2.05, 4.69) is 4.74 Å². The molecule has 0 aliphatic heterocycles. The number of rotatable bonds is 7. The number of hydrogen-bond acceptors (Lipinski definition) is 3. The van der Waals surface area contributed by atoms with Crippen molar-refractivity contribution in [1.29, 1.82) is 0 Å². The van der Waals surface area contributed by atoms with Gasteiger partial charge in [-0.05, 0) is 42.4 Å². The van der Waals surface area contributed by atoms with E-state index in [1.54, 1.807) is 18.2 Å². The Morgan fingerprint density at radius 1 is 1.08 bits per heavy atom. The number of halogens is 4. The van der Waals surface area contributed by atoms with Gasteiger partial charge in [0.05, 0.1) is 7.11 Å². The van der Waals surface area contributed by atoms with Gasteiger partial charge in [-0.3, -0.25) is 4.90 Å². The summed E-state index contributed by atoms with van der Waals surface area (Å²) in [5, 5.41) is 0.346. The lowest BCUT2D eigenvalue weighted by molar-refractivity contribution is -0.0512. The third kappa shape index (κ3) is 5.04. The molecule has 2 aromatic carbocycles. The Labute approximate surface area is 143 Å². The van der Waals surface area contributed by atoms with E-state index in [-0.39, 0.29) is 11.5 Å². The second-order valence-corrected chi connectivity index (χ2v) is 5.68. The minimum absolute atomic E-state index is 0.0155. The summed E-state index contributed by atoms with van der Waals surface area (Å²) in [6, 6.07) is 9.07.